The van der Waals surface area contributed by atoms with Crippen LogP contribution in [0.4, 0.5) is 10.7 Å². The van der Waals surface area contributed by atoms with Crippen LogP contribution in [0.15, 0.2) is 10.6 Å². The summed E-state index contributed by atoms with van der Waals surface area (Å²) in [5, 5.41) is 10.5. The zero-order valence-corrected chi connectivity index (χ0v) is 12.2. The highest BCUT2D eigenvalue weighted by molar-refractivity contribution is 7.18. The molecular formula is C12H17N5O2S. The van der Waals surface area contributed by atoms with Crippen molar-refractivity contribution in [2.24, 2.45) is 0 Å². The van der Waals surface area contributed by atoms with Gasteiger partial charge in [0.2, 0.25) is 5.89 Å². The molecule has 0 unspecified atom stereocenters. The topological polar surface area (TPSA) is 106 Å². The maximum atomic E-state index is 11.9. The monoisotopic (exact) mass is 295 g/mol. The van der Waals surface area contributed by atoms with E-state index in [-0.39, 0.29) is 5.91 Å². The molecule has 0 aliphatic carbocycles. The Morgan fingerprint density at radius 3 is 3.00 bits per heavy atom. The number of nitrogen functional groups attached to an aromatic ring is 1. The lowest BCUT2D eigenvalue weighted by molar-refractivity contribution is 0.0958. The molecule has 0 saturated heterocycles. The summed E-state index contributed by atoms with van der Waals surface area (Å²) < 4.78 is 4.88. The molecule has 0 aromatic carbocycles. The summed E-state index contributed by atoms with van der Waals surface area (Å²) in [6.07, 6.45) is 0.888. The lowest BCUT2D eigenvalue weighted by Gasteiger charge is -2.01. The van der Waals surface area contributed by atoms with Crippen LogP contribution in [0.5, 0.6) is 0 Å². The number of carbonyl (C=O) groups is 1. The van der Waals surface area contributed by atoms with Gasteiger partial charge in [-0.2, -0.15) is 4.98 Å². The Balaban J connectivity index is 1.98. The van der Waals surface area contributed by atoms with E-state index in [1.54, 1.807) is 13.0 Å². The first kappa shape index (κ1) is 14.3. The molecule has 0 bridgehead atoms. The Hall–Kier alpha value is -2.09. The molecule has 0 atom stereocenters. The van der Waals surface area contributed by atoms with Gasteiger partial charge in [0.1, 0.15) is 4.88 Å². The first-order valence-corrected chi connectivity index (χ1v) is 7.12. The molecule has 2 rings (SSSR count). The second kappa shape index (κ2) is 6.38. The van der Waals surface area contributed by atoms with Crippen LogP contribution in [0.25, 0.3) is 0 Å². The third-order valence-corrected chi connectivity index (χ3v) is 3.60. The molecule has 0 aliphatic heterocycles. The normalized spacial score (nSPS) is 10.5. The van der Waals surface area contributed by atoms with Gasteiger partial charge in [-0.15, -0.1) is 11.3 Å². The number of nitrogens with zero attached hydrogens (tertiary/aromatic N) is 2. The molecule has 0 radical (unpaired) electrons. The van der Waals surface area contributed by atoms with Crippen molar-refractivity contribution in [3.05, 3.63) is 22.7 Å². The fourth-order valence-electron chi connectivity index (χ4n) is 1.57. The van der Waals surface area contributed by atoms with Gasteiger partial charge in [-0.25, -0.2) is 0 Å². The third kappa shape index (κ3) is 3.47. The maximum absolute atomic E-state index is 11.9. The summed E-state index contributed by atoms with van der Waals surface area (Å²) >= 11 is 1.31. The molecule has 0 aliphatic rings. The summed E-state index contributed by atoms with van der Waals surface area (Å²) in [7, 11) is 0. The van der Waals surface area contributed by atoms with Crippen LogP contribution in [0.3, 0.4) is 0 Å². The van der Waals surface area contributed by atoms with E-state index in [9.17, 15) is 4.79 Å². The Morgan fingerprint density at radius 2 is 2.35 bits per heavy atom. The number of aromatic nitrogens is 2. The molecule has 2 heterocycles. The van der Waals surface area contributed by atoms with Crippen molar-refractivity contribution in [3.63, 3.8) is 0 Å². The standard InChI is InChI=1S/C12H17N5O2S/c1-3-4-14-12(18)11-8(13)5-10(20-11)15-6-9-16-7(2)19-17-9/h5,15H,3-4,6,13H2,1-2H3,(H,14,18). The van der Waals surface area contributed by atoms with E-state index >= 15 is 0 Å². The van der Waals surface area contributed by atoms with Gasteiger partial charge in [-0.1, -0.05) is 12.1 Å². The highest BCUT2D eigenvalue weighted by Gasteiger charge is 2.14. The summed E-state index contributed by atoms with van der Waals surface area (Å²) in [6.45, 7) is 4.79. The van der Waals surface area contributed by atoms with Gasteiger partial charge < -0.3 is 20.9 Å². The smallest absolute Gasteiger partial charge is 0.263 e. The van der Waals surface area contributed by atoms with Gasteiger partial charge in [0.05, 0.1) is 17.2 Å². The van der Waals surface area contributed by atoms with Crippen molar-refractivity contribution in [2.75, 3.05) is 17.6 Å². The summed E-state index contributed by atoms with van der Waals surface area (Å²) in [5.41, 5.74) is 6.31. The minimum Gasteiger partial charge on any atom is -0.397 e. The number of aryl methyl sites for hydroxylation is 1. The minimum absolute atomic E-state index is 0.141. The van der Waals surface area contributed by atoms with Crippen molar-refractivity contribution in [2.45, 2.75) is 26.8 Å². The molecule has 2 aromatic rings. The SMILES string of the molecule is CCCNC(=O)c1sc(NCc2noc(C)n2)cc1N. The van der Waals surface area contributed by atoms with Gasteiger partial charge in [-0.05, 0) is 12.5 Å². The number of hydrogen-bond acceptors (Lipinski definition) is 7. The number of rotatable bonds is 6. The summed E-state index contributed by atoms with van der Waals surface area (Å²) in [4.78, 5) is 16.5. The minimum atomic E-state index is -0.141. The number of amides is 1. The zero-order chi connectivity index (χ0) is 14.5. The molecular weight excluding hydrogens is 278 g/mol. The predicted octanol–water partition coefficient (Wildman–Crippen LogP) is 1.77. The Morgan fingerprint density at radius 1 is 1.55 bits per heavy atom. The molecule has 2 aromatic heterocycles. The third-order valence-electron chi connectivity index (χ3n) is 2.49. The zero-order valence-electron chi connectivity index (χ0n) is 11.4. The van der Waals surface area contributed by atoms with Crippen molar-refractivity contribution < 1.29 is 9.32 Å². The van der Waals surface area contributed by atoms with Crippen molar-refractivity contribution in [3.8, 4) is 0 Å². The average Bonchev–Trinajstić information content (AvgIpc) is 2.99. The molecule has 0 spiro atoms. The van der Waals surface area contributed by atoms with Crippen molar-refractivity contribution >= 4 is 27.9 Å². The summed E-state index contributed by atoms with van der Waals surface area (Å²) in [5.74, 6) is 0.941. The Kier molecular flexibility index (Phi) is 4.57. The first-order valence-electron chi connectivity index (χ1n) is 6.30. The van der Waals surface area contributed by atoms with Crippen molar-refractivity contribution in [1.82, 2.24) is 15.5 Å². The molecule has 1 amide bonds. The van der Waals surface area contributed by atoms with E-state index in [0.29, 0.717) is 35.4 Å². The predicted molar refractivity (Wildman–Crippen MR) is 77.7 cm³/mol. The Labute approximate surface area is 120 Å². The molecule has 20 heavy (non-hydrogen) atoms. The molecule has 0 saturated carbocycles. The van der Waals surface area contributed by atoms with Crippen LogP contribution in [-0.2, 0) is 6.54 Å². The van der Waals surface area contributed by atoms with Gasteiger partial charge in [0.25, 0.3) is 5.91 Å². The highest BCUT2D eigenvalue weighted by Crippen LogP contribution is 2.29. The average molecular weight is 295 g/mol. The lowest BCUT2D eigenvalue weighted by atomic mass is 10.3. The van der Waals surface area contributed by atoms with Crippen molar-refractivity contribution in [1.29, 1.82) is 0 Å². The van der Waals surface area contributed by atoms with E-state index in [0.717, 1.165) is 11.4 Å². The van der Waals surface area contributed by atoms with Crippen LogP contribution in [0.1, 0.15) is 34.7 Å². The van der Waals surface area contributed by atoms with Crippen LogP contribution in [0.2, 0.25) is 0 Å². The van der Waals surface area contributed by atoms with Crippen LogP contribution >= 0.6 is 11.3 Å². The number of nitrogens with one attached hydrogen (secondary N) is 2. The fourth-order valence-corrected chi connectivity index (χ4v) is 2.46. The van der Waals surface area contributed by atoms with Gasteiger partial charge >= 0.3 is 0 Å². The second-order valence-electron chi connectivity index (χ2n) is 4.23. The number of nitrogens with two attached hydrogens (primary N) is 1. The quantitative estimate of drug-likeness (QED) is 0.750. The van der Waals surface area contributed by atoms with Gasteiger partial charge in [0, 0.05) is 13.5 Å². The van der Waals surface area contributed by atoms with Crippen LogP contribution in [-0.4, -0.2) is 22.6 Å². The highest BCUT2D eigenvalue weighted by atomic mass is 32.1. The summed E-state index contributed by atoms with van der Waals surface area (Å²) in [6, 6.07) is 1.73. The van der Waals surface area contributed by atoms with Crippen LogP contribution in [0, 0.1) is 6.92 Å². The Bertz CT molecular complexity index is 592. The van der Waals surface area contributed by atoms with E-state index in [4.69, 9.17) is 10.3 Å². The second-order valence-corrected chi connectivity index (χ2v) is 5.29. The van der Waals surface area contributed by atoms with Crippen LogP contribution < -0.4 is 16.4 Å². The number of anilines is 2. The van der Waals surface area contributed by atoms with Gasteiger partial charge in [-0.3, -0.25) is 4.79 Å². The van der Waals surface area contributed by atoms with E-state index in [1.807, 2.05) is 6.92 Å². The van der Waals surface area contributed by atoms with E-state index in [1.165, 1.54) is 11.3 Å². The first-order chi connectivity index (χ1) is 9.60. The van der Waals surface area contributed by atoms with E-state index < -0.39 is 0 Å². The number of carbonyl (C=O) groups excluding carboxylic acids is 1. The molecule has 0 fully saturated rings. The molecule has 4 N–H and O–H groups in total. The largest absolute Gasteiger partial charge is 0.397 e. The number of thiophene rings is 1. The lowest BCUT2D eigenvalue weighted by Crippen LogP contribution is -2.23. The molecule has 7 nitrogen and oxygen atoms in total. The fraction of sp³-hybridized carbons (Fsp3) is 0.417. The molecule has 108 valence electrons. The van der Waals surface area contributed by atoms with E-state index in [2.05, 4.69) is 20.8 Å². The van der Waals surface area contributed by atoms with Gasteiger partial charge in [0.15, 0.2) is 5.82 Å². The number of hydrogen-bond donors (Lipinski definition) is 3. The maximum Gasteiger partial charge on any atom is 0.263 e. The molecule has 8 heteroatoms.